The second-order valence-corrected chi connectivity index (χ2v) is 6.32. The van der Waals surface area contributed by atoms with E-state index in [2.05, 4.69) is 20.4 Å². The summed E-state index contributed by atoms with van der Waals surface area (Å²) in [5.74, 6) is 4.92. The van der Waals surface area contributed by atoms with E-state index in [-0.39, 0.29) is 22.5 Å². The molecule has 1 saturated carbocycles. The number of rotatable bonds is 6. The first-order valence-electron chi connectivity index (χ1n) is 6.17. The number of hydrogen-bond acceptors (Lipinski definition) is 6. The number of nitrogens with zero attached hydrogens (tertiary/aromatic N) is 1. The number of amides is 1. The number of aromatic nitrogens is 1. The van der Waals surface area contributed by atoms with E-state index in [0.29, 0.717) is 0 Å². The van der Waals surface area contributed by atoms with Crippen molar-refractivity contribution in [1.82, 2.24) is 15.0 Å². The molecule has 2 rings (SSSR count). The molecule has 1 aromatic heterocycles. The van der Waals surface area contributed by atoms with Gasteiger partial charge >= 0.3 is 0 Å². The van der Waals surface area contributed by atoms with Crippen LogP contribution >= 0.6 is 0 Å². The summed E-state index contributed by atoms with van der Waals surface area (Å²) in [7, 11) is -3.88. The number of carbonyl (C=O) groups excluding carboxylic acids is 1. The molecule has 1 fully saturated rings. The number of anilines is 1. The Kier molecular flexibility index (Phi) is 4.21. The van der Waals surface area contributed by atoms with Crippen LogP contribution in [0, 0.1) is 0 Å². The normalized spacial score (nSPS) is 16.5. The van der Waals surface area contributed by atoms with Crippen molar-refractivity contribution in [3.8, 4) is 0 Å². The van der Waals surface area contributed by atoms with Crippen LogP contribution in [0.1, 0.15) is 19.8 Å². The van der Waals surface area contributed by atoms with E-state index in [1.165, 1.54) is 25.4 Å². The number of nitrogens with two attached hydrogens (primary N) is 1. The Labute approximate surface area is 117 Å². The van der Waals surface area contributed by atoms with Crippen molar-refractivity contribution in [3.05, 3.63) is 18.5 Å². The number of nitrogen functional groups attached to an aromatic ring is 1. The Balaban J connectivity index is 2.11. The summed E-state index contributed by atoms with van der Waals surface area (Å²) in [4.78, 5) is 15.4. The van der Waals surface area contributed by atoms with Crippen LogP contribution in [0.5, 0.6) is 0 Å². The molecular weight excluding hydrogens is 282 g/mol. The van der Waals surface area contributed by atoms with Gasteiger partial charge in [0.1, 0.15) is 4.90 Å². The van der Waals surface area contributed by atoms with Gasteiger partial charge in [-0.2, -0.15) is 4.72 Å². The number of carbonyl (C=O) groups is 1. The highest BCUT2D eigenvalue weighted by Crippen LogP contribution is 2.20. The minimum Gasteiger partial charge on any atom is -0.352 e. The zero-order chi connectivity index (χ0) is 14.8. The third kappa shape index (κ3) is 3.44. The molecule has 1 aliphatic carbocycles. The average Bonchev–Trinajstić information content (AvgIpc) is 3.22. The predicted octanol–water partition coefficient (Wildman–Crippen LogP) is -0.687. The highest BCUT2D eigenvalue weighted by molar-refractivity contribution is 7.89. The van der Waals surface area contributed by atoms with Crippen molar-refractivity contribution < 1.29 is 13.2 Å². The SMILES string of the molecule is CC(NS(=O)(=O)c1cnccc1NN)C(=O)NC1CC1. The van der Waals surface area contributed by atoms with Crippen LogP contribution in [0.3, 0.4) is 0 Å². The van der Waals surface area contributed by atoms with Crippen LogP contribution in [-0.4, -0.2) is 31.4 Å². The van der Waals surface area contributed by atoms with Crippen molar-refractivity contribution in [2.45, 2.75) is 36.7 Å². The van der Waals surface area contributed by atoms with Crippen LogP contribution in [0.15, 0.2) is 23.4 Å². The van der Waals surface area contributed by atoms with E-state index in [0.717, 1.165) is 12.8 Å². The molecule has 1 atom stereocenters. The molecule has 1 aromatic rings. The predicted molar refractivity (Wildman–Crippen MR) is 73.0 cm³/mol. The number of nitrogens with one attached hydrogen (secondary N) is 3. The maximum atomic E-state index is 12.2. The Morgan fingerprint density at radius 2 is 2.20 bits per heavy atom. The van der Waals surface area contributed by atoms with E-state index in [1.807, 2.05) is 0 Å². The minimum atomic E-state index is -3.88. The van der Waals surface area contributed by atoms with E-state index < -0.39 is 16.1 Å². The third-order valence-corrected chi connectivity index (χ3v) is 4.45. The van der Waals surface area contributed by atoms with Crippen molar-refractivity contribution in [2.75, 3.05) is 5.43 Å². The Bertz CT molecular complexity index is 600. The van der Waals surface area contributed by atoms with Gasteiger partial charge in [-0.1, -0.05) is 0 Å². The molecule has 0 bridgehead atoms. The maximum absolute atomic E-state index is 12.2. The fourth-order valence-electron chi connectivity index (χ4n) is 1.62. The highest BCUT2D eigenvalue weighted by atomic mass is 32.2. The summed E-state index contributed by atoms with van der Waals surface area (Å²) in [5, 5.41) is 2.73. The molecule has 0 aliphatic heterocycles. The van der Waals surface area contributed by atoms with Gasteiger partial charge in [0.2, 0.25) is 15.9 Å². The molecule has 20 heavy (non-hydrogen) atoms. The van der Waals surface area contributed by atoms with Crippen LogP contribution in [0.2, 0.25) is 0 Å². The lowest BCUT2D eigenvalue weighted by Gasteiger charge is -2.15. The fourth-order valence-corrected chi connectivity index (χ4v) is 2.93. The second-order valence-electron chi connectivity index (χ2n) is 4.64. The molecule has 1 aliphatic rings. The van der Waals surface area contributed by atoms with Crippen molar-refractivity contribution in [2.24, 2.45) is 5.84 Å². The molecule has 0 radical (unpaired) electrons. The molecule has 0 spiro atoms. The summed E-state index contributed by atoms with van der Waals surface area (Å²) in [6.45, 7) is 1.49. The second kappa shape index (κ2) is 5.73. The zero-order valence-corrected chi connectivity index (χ0v) is 11.8. The highest BCUT2D eigenvalue weighted by Gasteiger charge is 2.28. The average molecular weight is 299 g/mol. The molecule has 110 valence electrons. The van der Waals surface area contributed by atoms with E-state index in [9.17, 15) is 13.2 Å². The zero-order valence-electron chi connectivity index (χ0n) is 11.0. The quantitative estimate of drug-likeness (QED) is 0.407. The Morgan fingerprint density at radius 1 is 1.50 bits per heavy atom. The van der Waals surface area contributed by atoms with Crippen LogP contribution < -0.4 is 21.3 Å². The number of sulfonamides is 1. The van der Waals surface area contributed by atoms with Crippen molar-refractivity contribution in [1.29, 1.82) is 0 Å². The van der Waals surface area contributed by atoms with Gasteiger partial charge in [0, 0.05) is 18.4 Å². The smallest absolute Gasteiger partial charge is 0.244 e. The Morgan fingerprint density at radius 3 is 2.80 bits per heavy atom. The molecule has 9 heteroatoms. The molecule has 1 amide bonds. The van der Waals surface area contributed by atoms with Gasteiger partial charge in [-0.05, 0) is 25.8 Å². The number of hydrazine groups is 1. The third-order valence-electron chi connectivity index (χ3n) is 2.88. The number of pyridine rings is 1. The van der Waals surface area contributed by atoms with Gasteiger partial charge in [-0.3, -0.25) is 15.6 Å². The van der Waals surface area contributed by atoms with Gasteiger partial charge in [0.25, 0.3) is 0 Å². The Hall–Kier alpha value is -1.71. The summed E-state index contributed by atoms with van der Waals surface area (Å²) in [5.41, 5.74) is 2.50. The lowest BCUT2D eigenvalue weighted by atomic mass is 10.3. The maximum Gasteiger partial charge on any atom is 0.244 e. The summed E-state index contributed by atoms with van der Waals surface area (Å²) in [6.07, 6.45) is 4.46. The van der Waals surface area contributed by atoms with Crippen LogP contribution in [0.4, 0.5) is 5.69 Å². The molecule has 0 aromatic carbocycles. The van der Waals surface area contributed by atoms with Gasteiger partial charge in [0.15, 0.2) is 0 Å². The number of hydrogen-bond donors (Lipinski definition) is 4. The molecular formula is C11H17N5O3S. The monoisotopic (exact) mass is 299 g/mol. The standard InChI is InChI=1S/C11H17N5O3S/c1-7(11(17)14-8-2-3-8)16-20(18,19)10-6-13-5-4-9(10)15-12/h4-8,16H,2-3,12H2,1H3,(H,13,15)(H,14,17). The lowest BCUT2D eigenvalue weighted by molar-refractivity contribution is -0.122. The topological polar surface area (TPSA) is 126 Å². The summed E-state index contributed by atoms with van der Waals surface area (Å²) < 4.78 is 26.7. The van der Waals surface area contributed by atoms with Gasteiger partial charge in [-0.25, -0.2) is 8.42 Å². The first-order valence-corrected chi connectivity index (χ1v) is 7.65. The van der Waals surface area contributed by atoms with E-state index in [4.69, 9.17) is 5.84 Å². The first kappa shape index (κ1) is 14.7. The van der Waals surface area contributed by atoms with Gasteiger partial charge < -0.3 is 10.7 Å². The molecule has 1 unspecified atom stereocenters. The summed E-state index contributed by atoms with van der Waals surface area (Å²) in [6, 6.07) is 0.740. The molecule has 8 nitrogen and oxygen atoms in total. The van der Waals surface area contributed by atoms with Crippen molar-refractivity contribution >= 4 is 21.6 Å². The molecule has 5 N–H and O–H groups in total. The van der Waals surface area contributed by atoms with Crippen molar-refractivity contribution in [3.63, 3.8) is 0 Å². The van der Waals surface area contributed by atoms with E-state index >= 15 is 0 Å². The molecule has 1 heterocycles. The van der Waals surface area contributed by atoms with Crippen LogP contribution in [0.25, 0.3) is 0 Å². The van der Waals surface area contributed by atoms with Crippen LogP contribution in [-0.2, 0) is 14.8 Å². The molecule has 0 saturated heterocycles. The fraction of sp³-hybridized carbons (Fsp3) is 0.455. The lowest BCUT2D eigenvalue weighted by Crippen LogP contribution is -2.45. The van der Waals surface area contributed by atoms with E-state index in [1.54, 1.807) is 0 Å². The first-order chi connectivity index (χ1) is 9.44. The largest absolute Gasteiger partial charge is 0.352 e. The van der Waals surface area contributed by atoms with Gasteiger partial charge in [-0.15, -0.1) is 0 Å². The summed E-state index contributed by atoms with van der Waals surface area (Å²) >= 11 is 0. The van der Waals surface area contributed by atoms with Gasteiger partial charge in [0.05, 0.1) is 11.7 Å². The minimum absolute atomic E-state index is 0.103.